The Morgan fingerprint density at radius 1 is 1.45 bits per heavy atom. The molecule has 7 nitrogen and oxygen atoms in total. The standard InChI is InChI=1S/C15H20N2O5/c1-21-12-2-6-16-13(10-12)15(20)17(7-3-14(18)19)11-4-8-22-9-5-11/h2,6,10-11H,3-5,7-9H2,1H3,(H,18,19). The summed E-state index contributed by atoms with van der Waals surface area (Å²) in [7, 11) is 1.52. The van der Waals surface area contributed by atoms with Crippen molar-refractivity contribution in [3.63, 3.8) is 0 Å². The molecule has 0 spiro atoms. The number of aliphatic carboxylic acids is 1. The number of carbonyl (C=O) groups is 2. The van der Waals surface area contributed by atoms with E-state index in [4.69, 9.17) is 14.6 Å². The highest BCUT2D eigenvalue weighted by atomic mass is 16.5. The summed E-state index contributed by atoms with van der Waals surface area (Å²) in [5.41, 5.74) is 0.260. The summed E-state index contributed by atoms with van der Waals surface area (Å²) < 4.78 is 10.4. The number of rotatable bonds is 6. The van der Waals surface area contributed by atoms with E-state index in [1.54, 1.807) is 17.0 Å². The molecule has 0 bridgehead atoms. The Kier molecular flexibility index (Phi) is 5.71. The zero-order valence-corrected chi connectivity index (χ0v) is 12.5. The molecule has 0 atom stereocenters. The molecule has 1 fully saturated rings. The first-order valence-electron chi connectivity index (χ1n) is 7.22. The van der Waals surface area contributed by atoms with Crippen molar-refractivity contribution < 1.29 is 24.2 Å². The van der Waals surface area contributed by atoms with Crippen LogP contribution in [0.15, 0.2) is 18.3 Å². The van der Waals surface area contributed by atoms with Crippen LogP contribution < -0.4 is 4.74 Å². The van der Waals surface area contributed by atoms with Crippen LogP contribution in [-0.4, -0.2) is 59.8 Å². The summed E-state index contributed by atoms with van der Waals surface area (Å²) in [6.45, 7) is 1.32. The van der Waals surface area contributed by atoms with E-state index in [1.165, 1.54) is 13.3 Å². The van der Waals surface area contributed by atoms with Gasteiger partial charge in [-0.15, -0.1) is 0 Å². The molecule has 0 aliphatic carbocycles. The maximum Gasteiger partial charge on any atom is 0.305 e. The van der Waals surface area contributed by atoms with E-state index < -0.39 is 5.97 Å². The maximum absolute atomic E-state index is 12.7. The highest BCUT2D eigenvalue weighted by molar-refractivity contribution is 5.93. The molecule has 120 valence electrons. The average molecular weight is 308 g/mol. The number of aromatic nitrogens is 1. The first-order valence-corrected chi connectivity index (χ1v) is 7.22. The molecule has 1 aromatic heterocycles. The summed E-state index contributed by atoms with van der Waals surface area (Å²) in [6.07, 6.45) is 2.82. The molecule has 1 saturated heterocycles. The largest absolute Gasteiger partial charge is 0.497 e. The number of amides is 1. The fourth-order valence-electron chi connectivity index (χ4n) is 2.47. The topological polar surface area (TPSA) is 89.0 Å². The molecule has 0 aromatic carbocycles. The van der Waals surface area contributed by atoms with Gasteiger partial charge in [-0.05, 0) is 18.9 Å². The first-order chi connectivity index (χ1) is 10.6. The van der Waals surface area contributed by atoms with E-state index in [0.29, 0.717) is 31.8 Å². The second-order valence-corrected chi connectivity index (χ2v) is 5.07. The number of carboxylic acid groups (broad SMARTS) is 1. The van der Waals surface area contributed by atoms with Crippen LogP contribution in [0.4, 0.5) is 0 Å². The van der Waals surface area contributed by atoms with Crippen LogP contribution >= 0.6 is 0 Å². The summed E-state index contributed by atoms with van der Waals surface area (Å²) in [4.78, 5) is 29.2. The van der Waals surface area contributed by atoms with Crippen molar-refractivity contribution in [2.45, 2.75) is 25.3 Å². The number of methoxy groups -OCH3 is 1. The molecule has 22 heavy (non-hydrogen) atoms. The van der Waals surface area contributed by atoms with E-state index in [9.17, 15) is 9.59 Å². The van der Waals surface area contributed by atoms with Crippen molar-refractivity contribution in [2.75, 3.05) is 26.9 Å². The van der Waals surface area contributed by atoms with Crippen molar-refractivity contribution in [3.8, 4) is 5.75 Å². The molecular formula is C15H20N2O5. The fraction of sp³-hybridized carbons (Fsp3) is 0.533. The van der Waals surface area contributed by atoms with E-state index in [0.717, 1.165) is 0 Å². The van der Waals surface area contributed by atoms with Crippen molar-refractivity contribution in [1.29, 1.82) is 0 Å². The van der Waals surface area contributed by atoms with Crippen LogP contribution in [0.25, 0.3) is 0 Å². The molecule has 7 heteroatoms. The summed E-state index contributed by atoms with van der Waals surface area (Å²) in [6, 6.07) is 3.20. The van der Waals surface area contributed by atoms with Gasteiger partial charge in [0.05, 0.1) is 13.5 Å². The zero-order chi connectivity index (χ0) is 15.9. The average Bonchev–Trinajstić information content (AvgIpc) is 2.55. The Labute approximate surface area is 128 Å². The van der Waals surface area contributed by atoms with Gasteiger partial charge in [0.25, 0.3) is 5.91 Å². The number of ether oxygens (including phenoxy) is 2. The predicted octanol–water partition coefficient (Wildman–Crippen LogP) is 1.19. The molecule has 1 aromatic rings. The normalized spacial score (nSPS) is 15.3. The minimum absolute atomic E-state index is 0.0198. The number of carbonyl (C=O) groups excluding carboxylic acids is 1. The molecule has 2 heterocycles. The highest BCUT2D eigenvalue weighted by Gasteiger charge is 2.27. The van der Waals surface area contributed by atoms with Crippen LogP contribution in [0.5, 0.6) is 5.75 Å². The molecule has 0 saturated carbocycles. The smallest absolute Gasteiger partial charge is 0.305 e. The molecule has 1 amide bonds. The molecular weight excluding hydrogens is 288 g/mol. The van der Waals surface area contributed by atoms with E-state index in [1.807, 2.05) is 0 Å². The van der Waals surface area contributed by atoms with Crippen LogP contribution in [0, 0.1) is 0 Å². The maximum atomic E-state index is 12.7. The third-order valence-electron chi connectivity index (χ3n) is 3.65. The Morgan fingerprint density at radius 3 is 2.82 bits per heavy atom. The number of nitrogens with zero attached hydrogens (tertiary/aromatic N) is 2. The van der Waals surface area contributed by atoms with Gasteiger partial charge in [-0.1, -0.05) is 0 Å². The second-order valence-electron chi connectivity index (χ2n) is 5.07. The lowest BCUT2D eigenvalue weighted by atomic mass is 10.1. The van der Waals surface area contributed by atoms with Crippen LogP contribution in [0.2, 0.25) is 0 Å². The monoisotopic (exact) mass is 308 g/mol. The van der Waals surface area contributed by atoms with E-state index >= 15 is 0 Å². The number of carboxylic acids is 1. The Bertz CT molecular complexity index is 528. The van der Waals surface area contributed by atoms with Gasteiger partial charge in [0.15, 0.2) is 0 Å². The second kappa shape index (κ2) is 7.74. The van der Waals surface area contributed by atoms with Gasteiger partial charge in [0.2, 0.25) is 0 Å². The number of hydrogen-bond acceptors (Lipinski definition) is 5. The van der Waals surface area contributed by atoms with Crippen molar-refractivity contribution in [2.24, 2.45) is 0 Å². The third kappa shape index (κ3) is 4.17. The lowest BCUT2D eigenvalue weighted by Gasteiger charge is -2.33. The third-order valence-corrected chi connectivity index (χ3v) is 3.65. The lowest BCUT2D eigenvalue weighted by molar-refractivity contribution is -0.137. The molecule has 0 unspecified atom stereocenters. The van der Waals surface area contributed by atoms with Gasteiger partial charge in [0.1, 0.15) is 11.4 Å². The molecule has 0 radical (unpaired) electrons. The lowest BCUT2D eigenvalue weighted by Crippen LogP contribution is -2.44. The summed E-state index contributed by atoms with van der Waals surface area (Å²) in [5.74, 6) is -0.654. The predicted molar refractivity (Wildman–Crippen MR) is 77.9 cm³/mol. The van der Waals surface area contributed by atoms with E-state index in [2.05, 4.69) is 4.98 Å². The fourth-order valence-corrected chi connectivity index (χ4v) is 2.47. The minimum atomic E-state index is -0.927. The van der Waals surface area contributed by atoms with Gasteiger partial charge in [-0.3, -0.25) is 14.6 Å². The van der Waals surface area contributed by atoms with Crippen LogP contribution in [0.1, 0.15) is 29.8 Å². The summed E-state index contributed by atoms with van der Waals surface area (Å²) >= 11 is 0. The SMILES string of the molecule is COc1ccnc(C(=O)N(CCC(=O)O)C2CCOCC2)c1. The van der Waals surface area contributed by atoms with Gasteiger partial charge >= 0.3 is 5.97 Å². The molecule has 2 rings (SSSR count). The quantitative estimate of drug-likeness (QED) is 0.849. The molecule has 1 aliphatic heterocycles. The molecule has 1 N–H and O–H groups in total. The Hall–Kier alpha value is -2.15. The number of hydrogen-bond donors (Lipinski definition) is 1. The van der Waals surface area contributed by atoms with Gasteiger partial charge in [-0.2, -0.15) is 0 Å². The highest BCUT2D eigenvalue weighted by Crippen LogP contribution is 2.19. The molecule has 1 aliphatic rings. The Morgan fingerprint density at radius 2 is 2.18 bits per heavy atom. The number of pyridine rings is 1. The van der Waals surface area contributed by atoms with Crippen LogP contribution in [-0.2, 0) is 9.53 Å². The zero-order valence-electron chi connectivity index (χ0n) is 12.5. The van der Waals surface area contributed by atoms with Crippen molar-refractivity contribution >= 4 is 11.9 Å². The van der Waals surface area contributed by atoms with Gasteiger partial charge in [-0.25, -0.2) is 0 Å². The van der Waals surface area contributed by atoms with Crippen molar-refractivity contribution in [1.82, 2.24) is 9.88 Å². The Balaban J connectivity index is 2.17. The first kappa shape index (κ1) is 16.2. The van der Waals surface area contributed by atoms with Gasteiger partial charge in [0, 0.05) is 38.1 Å². The minimum Gasteiger partial charge on any atom is -0.497 e. The van der Waals surface area contributed by atoms with Crippen molar-refractivity contribution in [3.05, 3.63) is 24.0 Å². The van der Waals surface area contributed by atoms with Gasteiger partial charge < -0.3 is 19.5 Å². The van der Waals surface area contributed by atoms with Crippen LogP contribution in [0.3, 0.4) is 0 Å². The summed E-state index contributed by atoms with van der Waals surface area (Å²) in [5, 5.41) is 8.90. The van der Waals surface area contributed by atoms with E-state index in [-0.39, 0.29) is 30.6 Å².